The molecule has 2 aromatic rings. The number of ketones is 1. The number of anilines is 1. The minimum absolute atomic E-state index is 0.249. The summed E-state index contributed by atoms with van der Waals surface area (Å²) in [4.78, 5) is 15.5. The molecule has 2 aromatic heterocycles. The highest BCUT2D eigenvalue weighted by Crippen LogP contribution is 2.14. The Balaban J connectivity index is 2.42. The summed E-state index contributed by atoms with van der Waals surface area (Å²) in [6, 6.07) is 4.82. The predicted molar refractivity (Wildman–Crippen MR) is 50.8 cm³/mol. The van der Waals surface area contributed by atoms with Crippen molar-refractivity contribution in [3.8, 4) is 0 Å². The van der Waals surface area contributed by atoms with Gasteiger partial charge in [-0.2, -0.15) is 0 Å². The summed E-state index contributed by atoms with van der Waals surface area (Å²) in [5.41, 5.74) is 6.39. The first-order chi connectivity index (χ1) is 6.79. The van der Waals surface area contributed by atoms with Crippen LogP contribution in [0.5, 0.6) is 0 Å². The zero-order valence-electron chi connectivity index (χ0n) is 7.31. The van der Waals surface area contributed by atoms with E-state index in [1.165, 1.54) is 18.7 Å². The summed E-state index contributed by atoms with van der Waals surface area (Å²) in [5, 5.41) is 0. The van der Waals surface area contributed by atoms with Gasteiger partial charge in [-0.05, 0) is 18.2 Å². The first-order valence-electron chi connectivity index (χ1n) is 4.07. The number of rotatable bonds is 2. The molecule has 0 atom stereocenters. The molecule has 0 aliphatic heterocycles. The van der Waals surface area contributed by atoms with Crippen molar-refractivity contribution in [2.24, 2.45) is 0 Å². The Morgan fingerprint density at radius 1 is 1.43 bits per heavy atom. The van der Waals surface area contributed by atoms with Gasteiger partial charge in [-0.3, -0.25) is 9.78 Å². The largest absolute Gasteiger partial charge is 0.461 e. The fourth-order valence-electron chi connectivity index (χ4n) is 1.14. The van der Waals surface area contributed by atoms with Gasteiger partial charge in [-0.15, -0.1) is 0 Å². The van der Waals surface area contributed by atoms with Crippen molar-refractivity contribution in [2.75, 3.05) is 5.73 Å². The summed E-state index contributed by atoms with van der Waals surface area (Å²) in [5.74, 6) is 0.0188. The molecule has 0 amide bonds. The fraction of sp³-hybridized carbons (Fsp3) is 0. The van der Waals surface area contributed by atoms with Gasteiger partial charge in [0.15, 0.2) is 5.76 Å². The number of carbonyl (C=O) groups excluding carboxylic acids is 1. The molecule has 70 valence electrons. The summed E-state index contributed by atoms with van der Waals surface area (Å²) < 4.78 is 4.97. The second-order valence-corrected chi connectivity index (χ2v) is 2.77. The lowest BCUT2D eigenvalue weighted by atomic mass is 10.1. The third-order valence-electron chi connectivity index (χ3n) is 1.84. The van der Waals surface area contributed by atoms with Crippen molar-refractivity contribution < 1.29 is 9.21 Å². The van der Waals surface area contributed by atoms with Crippen LogP contribution >= 0.6 is 0 Å². The molecule has 2 rings (SSSR count). The Hall–Kier alpha value is -2.10. The summed E-state index contributed by atoms with van der Waals surface area (Å²) in [6.07, 6.45) is 4.41. The van der Waals surface area contributed by atoms with Gasteiger partial charge in [0.05, 0.1) is 11.8 Å². The van der Waals surface area contributed by atoms with Crippen LogP contribution in [0.4, 0.5) is 5.69 Å². The topological polar surface area (TPSA) is 69.1 Å². The van der Waals surface area contributed by atoms with Gasteiger partial charge in [0, 0.05) is 18.1 Å². The van der Waals surface area contributed by atoms with E-state index in [1.807, 2.05) is 0 Å². The molecule has 4 heteroatoms. The molecule has 14 heavy (non-hydrogen) atoms. The summed E-state index contributed by atoms with van der Waals surface area (Å²) in [7, 11) is 0. The van der Waals surface area contributed by atoms with Gasteiger partial charge in [0.1, 0.15) is 0 Å². The second kappa shape index (κ2) is 3.33. The Bertz CT molecular complexity index is 449. The van der Waals surface area contributed by atoms with Crippen molar-refractivity contribution in [1.82, 2.24) is 4.98 Å². The number of carbonyl (C=O) groups is 1. The van der Waals surface area contributed by atoms with Gasteiger partial charge in [-0.1, -0.05) is 0 Å². The van der Waals surface area contributed by atoms with Gasteiger partial charge < -0.3 is 10.2 Å². The lowest BCUT2D eigenvalue weighted by Crippen LogP contribution is -2.04. The van der Waals surface area contributed by atoms with E-state index < -0.39 is 0 Å². The molecule has 0 spiro atoms. The number of hydrogen-bond donors (Lipinski definition) is 1. The van der Waals surface area contributed by atoms with Gasteiger partial charge >= 0.3 is 0 Å². The maximum absolute atomic E-state index is 11.7. The van der Waals surface area contributed by atoms with Crippen LogP contribution in [0.1, 0.15) is 16.1 Å². The molecule has 0 aliphatic rings. The number of nitrogen functional groups attached to an aromatic ring is 1. The first-order valence-corrected chi connectivity index (χ1v) is 4.07. The van der Waals surface area contributed by atoms with Crippen LogP contribution in [0.15, 0.2) is 41.3 Å². The van der Waals surface area contributed by atoms with Crippen LogP contribution in [-0.4, -0.2) is 10.8 Å². The SMILES string of the molecule is Nc1ccncc1C(=O)c1ccco1. The van der Waals surface area contributed by atoms with Crippen LogP contribution in [-0.2, 0) is 0 Å². The van der Waals surface area contributed by atoms with E-state index in [0.29, 0.717) is 11.3 Å². The standard InChI is InChI=1S/C10H8N2O2/c11-8-3-4-12-6-7(8)10(13)9-2-1-5-14-9/h1-6H,(H2,11,12). The first kappa shape index (κ1) is 8.50. The highest BCUT2D eigenvalue weighted by molar-refractivity contribution is 6.10. The molecular formula is C10H8N2O2. The molecule has 0 unspecified atom stereocenters. The number of hydrogen-bond acceptors (Lipinski definition) is 4. The third kappa shape index (κ3) is 1.37. The normalized spacial score (nSPS) is 10.0. The molecule has 2 N–H and O–H groups in total. The third-order valence-corrected chi connectivity index (χ3v) is 1.84. The van der Waals surface area contributed by atoms with Gasteiger partial charge in [0.2, 0.25) is 5.78 Å². The average Bonchev–Trinajstić information content (AvgIpc) is 2.70. The van der Waals surface area contributed by atoms with Crippen LogP contribution in [0, 0.1) is 0 Å². The smallest absolute Gasteiger partial charge is 0.231 e. The quantitative estimate of drug-likeness (QED) is 0.725. The fourth-order valence-corrected chi connectivity index (χ4v) is 1.14. The monoisotopic (exact) mass is 188 g/mol. The summed E-state index contributed by atoms with van der Waals surface area (Å²) >= 11 is 0. The number of nitrogens with zero attached hydrogens (tertiary/aromatic N) is 1. The van der Waals surface area contributed by atoms with E-state index in [-0.39, 0.29) is 11.5 Å². The molecule has 0 aliphatic carbocycles. The van der Waals surface area contributed by atoms with E-state index in [4.69, 9.17) is 10.2 Å². The van der Waals surface area contributed by atoms with Crippen LogP contribution in [0.3, 0.4) is 0 Å². The molecule has 0 radical (unpaired) electrons. The maximum Gasteiger partial charge on any atom is 0.231 e. The summed E-state index contributed by atoms with van der Waals surface area (Å²) in [6.45, 7) is 0. The van der Waals surface area contributed by atoms with E-state index in [1.54, 1.807) is 18.2 Å². The number of aromatic nitrogens is 1. The van der Waals surface area contributed by atoms with Crippen LogP contribution in [0.2, 0.25) is 0 Å². The lowest BCUT2D eigenvalue weighted by Gasteiger charge is -2.00. The van der Waals surface area contributed by atoms with Gasteiger partial charge in [-0.25, -0.2) is 0 Å². The van der Waals surface area contributed by atoms with E-state index >= 15 is 0 Å². The Morgan fingerprint density at radius 3 is 2.93 bits per heavy atom. The molecule has 4 nitrogen and oxygen atoms in total. The average molecular weight is 188 g/mol. The van der Waals surface area contributed by atoms with Crippen molar-refractivity contribution in [3.05, 3.63) is 48.2 Å². The Labute approximate surface area is 80.4 Å². The highest BCUT2D eigenvalue weighted by atomic mass is 16.3. The van der Waals surface area contributed by atoms with E-state index in [2.05, 4.69) is 4.98 Å². The van der Waals surface area contributed by atoms with Gasteiger partial charge in [0.25, 0.3) is 0 Å². The Kier molecular flexibility index (Phi) is 2.02. The number of furan rings is 1. The minimum Gasteiger partial charge on any atom is -0.461 e. The molecule has 0 saturated carbocycles. The van der Waals surface area contributed by atoms with Crippen LogP contribution in [0.25, 0.3) is 0 Å². The van der Waals surface area contributed by atoms with Crippen molar-refractivity contribution in [3.63, 3.8) is 0 Å². The molecule has 0 fully saturated rings. The zero-order chi connectivity index (χ0) is 9.97. The molecule has 2 heterocycles. The van der Waals surface area contributed by atoms with Crippen LogP contribution < -0.4 is 5.73 Å². The number of nitrogens with two attached hydrogens (primary N) is 1. The minimum atomic E-state index is -0.249. The Morgan fingerprint density at radius 2 is 2.29 bits per heavy atom. The zero-order valence-corrected chi connectivity index (χ0v) is 7.31. The van der Waals surface area contributed by atoms with E-state index in [0.717, 1.165) is 0 Å². The molecule has 0 bridgehead atoms. The van der Waals surface area contributed by atoms with E-state index in [9.17, 15) is 4.79 Å². The molecule has 0 aromatic carbocycles. The van der Waals surface area contributed by atoms with Crippen molar-refractivity contribution in [1.29, 1.82) is 0 Å². The van der Waals surface area contributed by atoms with Crippen molar-refractivity contribution in [2.45, 2.75) is 0 Å². The highest BCUT2D eigenvalue weighted by Gasteiger charge is 2.14. The maximum atomic E-state index is 11.7. The molecular weight excluding hydrogens is 180 g/mol. The predicted octanol–water partition coefficient (Wildman–Crippen LogP) is 1.49. The molecule has 0 saturated heterocycles. The lowest BCUT2D eigenvalue weighted by molar-refractivity contribution is 0.101. The number of pyridine rings is 1. The van der Waals surface area contributed by atoms with Crippen molar-refractivity contribution >= 4 is 11.5 Å². The second-order valence-electron chi connectivity index (χ2n) is 2.77.